The molecule has 6 nitrogen and oxygen atoms in total. The Morgan fingerprint density at radius 2 is 2.08 bits per heavy atom. The molecule has 0 spiro atoms. The van der Waals surface area contributed by atoms with Crippen LogP contribution in [-0.2, 0) is 14.8 Å². The van der Waals surface area contributed by atoms with Crippen molar-refractivity contribution in [3.63, 3.8) is 0 Å². The number of morpholine rings is 1. The molecule has 3 rings (SSSR count). The molecule has 1 aliphatic heterocycles. The third kappa shape index (κ3) is 3.82. The van der Waals surface area contributed by atoms with Gasteiger partial charge < -0.3 is 10.1 Å². The molecule has 134 valence electrons. The van der Waals surface area contributed by atoms with Crippen molar-refractivity contribution in [2.45, 2.75) is 43.5 Å². The lowest BCUT2D eigenvalue weighted by atomic mass is 9.87. The van der Waals surface area contributed by atoms with E-state index in [4.69, 9.17) is 4.74 Å². The molecule has 1 aliphatic carbocycles. The summed E-state index contributed by atoms with van der Waals surface area (Å²) >= 11 is 1.19. The molecule has 1 saturated carbocycles. The minimum Gasteiger partial charge on any atom is -0.379 e. The second kappa shape index (κ2) is 7.51. The van der Waals surface area contributed by atoms with Gasteiger partial charge in [-0.15, -0.1) is 11.3 Å². The summed E-state index contributed by atoms with van der Waals surface area (Å²) in [5, 5.41) is 4.70. The van der Waals surface area contributed by atoms with Crippen molar-refractivity contribution in [2.75, 3.05) is 26.3 Å². The van der Waals surface area contributed by atoms with Gasteiger partial charge in [-0.25, -0.2) is 8.42 Å². The van der Waals surface area contributed by atoms with E-state index < -0.39 is 10.0 Å². The molecule has 2 aliphatic rings. The van der Waals surface area contributed by atoms with E-state index in [0.717, 1.165) is 19.3 Å². The minimum absolute atomic E-state index is 0.121. The van der Waals surface area contributed by atoms with Crippen LogP contribution in [0.4, 0.5) is 0 Å². The Hall–Kier alpha value is -0.960. The fourth-order valence-electron chi connectivity index (χ4n) is 3.41. The quantitative estimate of drug-likeness (QED) is 0.878. The van der Waals surface area contributed by atoms with Crippen LogP contribution < -0.4 is 5.32 Å². The normalized spacial score (nSPS) is 26.2. The van der Waals surface area contributed by atoms with Gasteiger partial charge in [0.25, 0.3) is 5.91 Å². The van der Waals surface area contributed by atoms with E-state index >= 15 is 0 Å². The molecule has 24 heavy (non-hydrogen) atoms. The highest BCUT2D eigenvalue weighted by atomic mass is 32.2. The first kappa shape index (κ1) is 17.8. The number of thiophene rings is 1. The average molecular weight is 373 g/mol. The number of carbonyl (C=O) groups is 1. The molecule has 1 aromatic heterocycles. The molecule has 2 unspecified atom stereocenters. The van der Waals surface area contributed by atoms with Gasteiger partial charge in [0, 0.05) is 19.1 Å². The van der Waals surface area contributed by atoms with Gasteiger partial charge in [-0.05, 0) is 30.2 Å². The first-order valence-corrected chi connectivity index (χ1v) is 10.8. The topological polar surface area (TPSA) is 75.7 Å². The largest absolute Gasteiger partial charge is 0.379 e. The number of hydrogen-bond acceptors (Lipinski definition) is 5. The van der Waals surface area contributed by atoms with Gasteiger partial charge in [0.05, 0.1) is 13.2 Å². The van der Waals surface area contributed by atoms with E-state index in [9.17, 15) is 13.2 Å². The zero-order chi connectivity index (χ0) is 17.2. The minimum atomic E-state index is -3.64. The fourth-order valence-corrected chi connectivity index (χ4v) is 6.12. The molecule has 2 atom stereocenters. The lowest BCUT2D eigenvalue weighted by molar-refractivity contribution is 0.0730. The second-order valence-electron chi connectivity index (χ2n) is 6.57. The third-order valence-electron chi connectivity index (χ3n) is 4.69. The average Bonchev–Trinajstić information content (AvgIpc) is 3.06. The van der Waals surface area contributed by atoms with Gasteiger partial charge in [0.15, 0.2) is 0 Å². The summed E-state index contributed by atoms with van der Waals surface area (Å²) in [5.41, 5.74) is 0. The molecular formula is C16H24N2O4S2. The lowest BCUT2D eigenvalue weighted by Gasteiger charge is -2.28. The molecule has 1 aromatic rings. The monoisotopic (exact) mass is 372 g/mol. The first-order valence-electron chi connectivity index (χ1n) is 8.44. The molecule has 1 N–H and O–H groups in total. The second-order valence-corrected chi connectivity index (χ2v) is 9.40. The molecule has 2 fully saturated rings. The Bertz CT molecular complexity index is 680. The van der Waals surface area contributed by atoms with Crippen LogP contribution in [0.3, 0.4) is 0 Å². The predicted molar refractivity (Wildman–Crippen MR) is 92.8 cm³/mol. The molecule has 8 heteroatoms. The molecule has 1 saturated heterocycles. The number of carbonyl (C=O) groups excluding carboxylic acids is 1. The van der Waals surface area contributed by atoms with Crippen LogP contribution in [0.1, 0.15) is 42.3 Å². The van der Waals surface area contributed by atoms with E-state index in [1.807, 2.05) is 0 Å². The maximum atomic E-state index is 12.8. The number of sulfonamides is 1. The number of hydrogen-bond donors (Lipinski definition) is 1. The van der Waals surface area contributed by atoms with Gasteiger partial charge in [0.1, 0.15) is 9.77 Å². The maximum Gasteiger partial charge on any atom is 0.262 e. The maximum absolute atomic E-state index is 12.8. The van der Waals surface area contributed by atoms with Crippen LogP contribution in [0.5, 0.6) is 0 Å². The van der Waals surface area contributed by atoms with Crippen molar-refractivity contribution in [3.8, 4) is 0 Å². The molecule has 1 amide bonds. The van der Waals surface area contributed by atoms with Gasteiger partial charge in [0.2, 0.25) is 10.0 Å². The van der Waals surface area contributed by atoms with Gasteiger partial charge in [-0.2, -0.15) is 4.31 Å². The van der Waals surface area contributed by atoms with Crippen molar-refractivity contribution in [2.24, 2.45) is 5.92 Å². The predicted octanol–water partition coefficient (Wildman–Crippen LogP) is 2.08. The standard InChI is InChI=1S/C16H24N2O4S2/c1-12-3-2-4-13(11-12)17-16(19)15-14(5-10-23-15)24(20,21)18-6-8-22-9-7-18/h5,10,12-13H,2-4,6-9,11H2,1H3,(H,17,19). The van der Waals surface area contributed by atoms with Crippen LogP contribution in [0, 0.1) is 5.92 Å². The highest BCUT2D eigenvalue weighted by molar-refractivity contribution is 7.89. The van der Waals surface area contributed by atoms with E-state index in [2.05, 4.69) is 12.2 Å². The van der Waals surface area contributed by atoms with E-state index in [1.165, 1.54) is 28.1 Å². The summed E-state index contributed by atoms with van der Waals surface area (Å²) in [4.78, 5) is 13.0. The third-order valence-corrected chi connectivity index (χ3v) is 7.68. The van der Waals surface area contributed by atoms with Gasteiger partial charge >= 0.3 is 0 Å². The van der Waals surface area contributed by atoms with Crippen molar-refractivity contribution < 1.29 is 17.9 Å². The van der Waals surface area contributed by atoms with Crippen LogP contribution in [0.25, 0.3) is 0 Å². The summed E-state index contributed by atoms with van der Waals surface area (Å²) in [6.45, 7) is 3.65. The highest BCUT2D eigenvalue weighted by Crippen LogP contribution is 2.28. The number of ether oxygens (including phenoxy) is 1. The SMILES string of the molecule is CC1CCCC(NC(=O)c2sccc2S(=O)(=O)N2CCOCC2)C1. The van der Waals surface area contributed by atoms with Crippen molar-refractivity contribution >= 4 is 27.3 Å². The van der Waals surface area contributed by atoms with E-state index in [-0.39, 0.29) is 16.8 Å². The Morgan fingerprint density at radius 3 is 2.79 bits per heavy atom. The van der Waals surface area contributed by atoms with Crippen molar-refractivity contribution in [1.29, 1.82) is 0 Å². The van der Waals surface area contributed by atoms with Gasteiger partial charge in [-0.3, -0.25) is 4.79 Å². The van der Waals surface area contributed by atoms with Crippen LogP contribution in [-0.4, -0.2) is 51.0 Å². The zero-order valence-electron chi connectivity index (χ0n) is 13.9. The highest BCUT2D eigenvalue weighted by Gasteiger charge is 2.32. The Kier molecular flexibility index (Phi) is 5.59. The Balaban J connectivity index is 1.75. The Labute approximate surface area is 147 Å². The van der Waals surface area contributed by atoms with Gasteiger partial charge in [-0.1, -0.05) is 19.8 Å². The number of rotatable bonds is 4. The van der Waals surface area contributed by atoms with E-state index in [1.54, 1.807) is 5.38 Å². The number of nitrogens with zero attached hydrogens (tertiary/aromatic N) is 1. The molecule has 2 heterocycles. The molecule has 0 radical (unpaired) electrons. The van der Waals surface area contributed by atoms with Crippen molar-refractivity contribution in [1.82, 2.24) is 9.62 Å². The van der Waals surface area contributed by atoms with Crippen molar-refractivity contribution in [3.05, 3.63) is 16.3 Å². The summed E-state index contributed by atoms with van der Waals surface area (Å²) in [7, 11) is -3.64. The summed E-state index contributed by atoms with van der Waals surface area (Å²) in [6.07, 6.45) is 4.23. The van der Waals surface area contributed by atoms with Crippen LogP contribution in [0.2, 0.25) is 0 Å². The molecular weight excluding hydrogens is 348 g/mol. The Morgan fingerprint density at radius 1 is 1.33 bits per heavy atom. The van der Waals surface area contributed by atoms with Crippen LogP contribution >= 0.6 is 11.3 Å². The number of nitrogens with one attached hydrogen (secondary N) is 1. The van der Waals surface area contributed by atoms with E-state index in [0.29, 0.717) is 37.1 Å². The zero-order valence-corrected chi connectivity index (χ0v) is 15.5. The first-order chi connectivity index (χ1) is 11.5. The fraction of sp³-hybridized carbons (Fsp3) is 0.688. The molecule has 0 aromatic carbocycles. The summed E-state index contributed by atoms with van der Waals surface area (Å²) in [5.74, 6) is 0.333. The molecule has 0 bridgehead atoms. The van der Waals surface area contributed by atoms with Crippen LogP contribution in [0.15, 0.2) is 16.3 Å². The smallest absolute Gasteiger partial charge is 0.262 e. The summed E-state index contributed by atoms with van der Waals surface area (Å²) in [6, 6.07) is 1.68. The lowest BCUT2D eigenvalue weighted by Crippen LogP contribution is -2.42. The summed E-state index contributed by atoms with van der Waals surface area (Å²) < 4.78 is 32.2. The number of amides is 1.